The molecule has 0 rings (SSSR count). The summed E-state index contributed by atoms with van der Waals surface area (Å²) in [5.74, 6) is 0.911. The summed E-state index contributed by atoms with van der Waals surface area (Å²) in [6, 6.07) is 0.293. The van der Waals surface area contributed by atoms with E-state index in [1.54, 1.807) is 0 Å². The maximum Gasteiger partial charge on any atom is 0.0468 e. The van der Waals surface area contributed by atoms with Crippen LogP contribution in [0.1, 0.15) is 27.2 Å². The van der Waals surface area contributed by atoms with E-state index < -0.39 is 0 Å². The zero-order valence-corrected chi connectivity index (χ0v) is 10.0. The van der Waals surface area contributed by atoms with Crippen LogP contribution in [0.4, 0.5) is 0 Å². The number of nitrogens with two attached hydrogens (primary N) is 1. The number of nitrogens with zero attached hydrogens (tertiary/aromatic N) is 1. The van der Waals surface area contributed by atoms with E-state index in [2.05, 4.69) is 32.7 Å². The molecule has 0 aliphatic heterocycles. The van der Waals surface area contributed by atoms with E-state index in [4.69, 9.17) is 10.8 Å². The maximum absolute atomic E-state index is 8.90. The van der Waals surface area contributed by atoms with Crippen molar-refractivity contribution in [2.45, 2.75) is 33.2 Å². The molecule has 2 unspecified atom stereocenters. The van der Waals surface area contributed by atoms with Gasteiger partial charge in [0.15, 0.2) is 0 Å². The minimum absolute atomic E-state index is 0.264. The normalized spacial score (nSPS) is 16.3. The largest absolute Gasteiger partial charge is 0.396 e. The van der Waals surface area contributed by atoms with Crippen molar-refractivity contribution in [1.29, 1.82) is 0 Å². The van der Waals surface area contributed by atoms with Crippen LogP contribution in [0.2, 0.25) is 0 Å². The molecule has 0 spiro atoms. The highest BCUT2D eigenvalue weighted by Gasteiger charge is 2.10. The Balaban J connectivity index is 3.58. The van der Waals surface area contributed by atoms with Crippen molar-refractivity contribution in [3.8, 4) is 0 Å². The number of aliphatic hydroxyl groups excluding tert-OH is 1. The average Bonchev–Trinajstić information content (AvgIpc) is 2.13. The highest BCUT2D eigenvalue weighted by molar-refractivity contribution is 4.68. The van der Waals surface area contributed by atoms with E-state index in [0.29, 0.717) is 17.9 Å². The zero-order valence-electron chi connectivity index (χ0n) is 10.0. The molecule has 0 saturated carbocycles. The van der Waals surface area contributed by atoms with Gasteiger partial charge in [0.1, 0.15) is 0 Å². The van der Waals surface area contributed by atoms with Crippen molar-refractivity contribution in [2.75, 3.05) is 26.7 Å². The fraction of sp³-hybridized carbons (Fsp3) is 1.00. The predicted octanol–water partition coefficient (Wildman–Crippen LogP) is 0.920. The van der Waals surface area contributed by atoms with Gasteiger partial charge in [-0.25, -0.2) is 0 Å². The van der Waals surface area contributed by atoms with Gasteiger partial charge in [-0.3, -0.25) is 0 Å². The van der Waals surface area contributed by atoms with Gasteiger partial charge in [-0.1, -0.05) is 20.8 Å². The van der Waals surface area contributed by atoms with Crippen molar-refractivity contribution >= 4 is 0 Å². The Morgan fingerprint density at radius 3 is 2.29 bits per heavy atom. The molecule has 3 nitrogen and oxygen atoms in total. The molecule has 14 heavy (non-hydrogen) atoms. The minimum Gasteiger partial charge on any atom is -0.396 e. The van der Waals surface area contributed by atoms with E-state index in [-0.39, 0.29) is 6.61 Å². The molecule has 3 heteroatoms. The Morgan fingerprint density at radius 1 is 1.29 bits per heavy atom. The molecule has 2 atom stereocenters. The molecule has 0 heterocycles. The molecular formula is C11H26N2O. The smallest absolute Gasteiger partial charge is 0.0468 e. The van der Waals surface area contributed by atoms with Crippen LogP contribution in [0.5, 0.6) is 0 Å². The molecule has 0 aromatic carbocycles. The standard InChI is InChI=1S/C11H26N2O/c1-9(2)11(12)5-6-13(4)7-10(3)8-14/h9-11,14H,5-8,12H2,1-4H3. The Kier molecular flexibility index (Phi) is 7.15. The van der Waals surface area contributed by atoms with Crippen molar-refractivity contribution in [3.63, 3.8) is 0 Å². The summed E-state index contributed by atoms with van der Waals surface area (Å²) in [6.45, 7) is 8.59. The molecule has 0 amide bonds. The van der Waals surface area contributed by atoms with E-state index in [1.807, 2.05) is 0 Å². The summed E-state index contributed by atoms with van der Waals surface area (Å²) < 4.78 is 0. The van der Waals surface area contributed by atoms with Crippen molar-refractivity contribution in [1.82, 2.24) is 4.90 Å². The number of aliphatic hydroxyl groups is 1. The first-order chi connectivity index (χ1) is 6.47. The second-order valence-corrected chi connectivity index (χ2v) is 4.75. The Bertz CT molecular complexity index is 139. The number of rotatable bonds is 7. The van der Waals surface area contributed by atoms with Crippen LogP contribution in [0.25, 0.3) is 0 Å². The highest BCUT2D eigenvalue weighted by Crippen LogP contribution is 2.04. The third-order valence-electron chi connectivity index (χ3n) is 2.64. The summed E-state index contributed by atoms with van der Waals surface area (Å²) in [5.41, 5.74) is 5.95. The second-order valence-electron chi connectivity index (χ2n) is 4.75. The third kappa shape index (κ3) is 6.35. The molecular weight excluding hydrogens is 176 g/mol. The monoisotopic (exact) mass is 202 g/mol. The summed E-state index contributed by atoms with van der Waals surface area (Å²) >= 11 is 0. The first-order valence-electron chi connectivity index (χ1n) is 5.52. The maximum atomic E-state index is 8.90. The van der Waals surface area contributed by atoms with Crippen LogP contribution in [0, 0.1) is 11.8 Å². The van der Waals surface area contributed by atoms with Gasteiger partial charge >= 0.3 is 0 Å². The van der Waals surface area contributed by atoms with Crippen LogP contribution in [0.15, 0.2) is 0 Å². The lowest BCUT2D eigenvalue weighted by molar-refractivity contribution is 0.187. The molecule has 0 aliphatic rings. The van der Waals surface area contributed by atoms with Gasteiger partial charge in [0.2, 0.25) is 0 Å². The SMILES string of the molecule is CC(CO)CN(C)CCC(N)C(C)C. The molecule has 0 fully saturated rings. The van der Waals surface area contributed by atoms with E-state index >= 15 is 0 Å². The van der Waals surface area contributed by atoms with Gasteiger partial charge in [0.25, 0.3) is 0 Å². The van der Waals surface area contributed by atoms with Crippen LogP contribution in [-0.2, 0) is 0 Å². The lowest BCUT2D eigenvalue weighted by Gasteiger charge is -2.23. The quantitative estimate of drug-likeness (QED) is 0.645. The Hall–Kier alpha value is -0.120. The lowest BCUT2D eigenvalue weighted by atomic mass is 10.0. The van der Waals surface area contributed by atoms with E-state index in [9.17, 15) is 0 Å². The van der Waals surface area contributed by atoms with E-state index in [0.717, 1.165) is 19.5 Å². The van der Waals surface area contributed by atoms with Crippen LogP contribution < -0.4 is 5.73 Å². The molecule has 0 aromatic rings. The van der Waals surface area contributed by atoms with E-state index in [1.165, 1.54) is 0 Å². The molecule has 0 aliphatic carbocycles. The molecule has 3 N–H and O–H groups in total. The van der Waals surface area contributed by atoms with Gasteiger partial charge in [-0.2, -0.15) is 0 Å². The third-order valence-corrected chi connectivity index (χ3v) is 2.64. The Labute approximate surface area is 88.3 Å². The van der Waals surface area contributed by atoms with Gasteiger partial charge in [0.05, 0.1) is 0 Å². The van der Waals surface area contributed by atoms with Gasteiger partial charge in [-0.15, -0.1) is 0 Å². The van der Waals surface area contributed by atoms with Crippen molar-refractivity contribution < 1.29 is 5.11 Å². The molecule has 0 aromatic heterocycles. The molecule has 0 saturated heterocycles. The average molecular weight is 202 g/mol. The summed E-state index contributed by atoms with van der Waals surface area (Å²) in [7, 11) is 2.08. The first kappa shape index (κ1) is 13.9. The molecule has 86 valence electrons. The minimum atomic E-state index is 0.264. The first-order valence-corrected chi connectivity index (χ1v) is 5.52. The zero-order chi connectivity index (χ0) is 11.1. The predicted molar refractivity (Wildman–Crippen MR) is 61.2 cm³/mol. The van der Waals surface area contributed by atoms with Gasteiger partial charge in [0, 0.05) is 19.2 Å². The fourth-order valence-electron chi connectivity index (χ4n) is 1.38. The number of hydrogen-bond donors (Lipinski definition) is 2. The molecule has 0 bridgehead atoms. The topological polar surface area (TPSA) is 49.5 Å². The lowest BCUT2D eigenvalue weighted by Crippen LogP contribution is -2.34. The number of hydrogen-bond acceptors (Lipinski definition) is 3. The van der Waals surface area contributed by atoms with Gasteiger partial charge in [-0.05, 0) is 31.8 Å². The Morgan fingerprint density at radius 2 is 1.86 bits per heavy atom. The fourth-order valence-corrected chi connectivity index (χ4v) is 1.38. The van der Waals surface area contributed by atoms with Gasteiger partial charge < -0.3 is 15.7 Å². The summed E-state index contributed by atoms with van der Waals surface area (Å²) in [4.78, 5) is 2.24. The molecule has 0 radical (unpaired) electrons. The van der Waals surface area contributed by atoms with Crippen LogP contribution in [-0.4, -0.2) is 42.8 Å². The van der Waals surface area contributed by atoms with Crippen molar-refractivity contribution in [2.24, 2.45) is 17.6 Å². The van der Waals surface area contributed by atoms with Crippen molar-refractivity contribution in [3.05, 3.63) is 0 Å². The highest BCUT2D eigenvalue weighted by atomic mass is 16.3. The summed E-state index contributed by atoms with van der Waals surface area (Å²) in [6.07, 6.45) is 1.03. The summed E-state index contributed by atoms with van der Waals surface area (Å²) in [5, 5.41) is 8.90. The second kappa shape index (κ2) is 7.21. The van der Waals surface area contributed by atoms with Crippen LogP contribution in [0.3, 0.4) is 0 Å². The van der Waals surface area contributed by atoms with Crippen LogP contribution >= 0.6 is 0 Å².